The lowest BCUT2D eigenvalue weighted by molar-refractivity contribution is -0.125. The maximum Gasteiger partial charge on any atom is 0.341 e. The Hall–Kier alpha value is -3.52. The molecule has 0 saturated heterocycles. The van der Waals surface area contributed by atoms with Crippen LogP contribution in [0.4, 0.5) is 5.00 Å². The Bertz CT molecular complexity index is 1090. The van der Waals surface area contributed by atoms with Crippen molar-refractivity contribution in [2.24, 2.45) is 0 Å². The van der Waals surface area contributed by atoms with Crippen molar-refractivity contribution in [1.29, 1.82) is 0 Å². The summed E-state index contributed by atoms with van der Waals surface area (Å²) in [7, 11) is 1.59. The molecule has 0 aliphatic carbocycles. The van der Waals surface area contributed by atoms with Crippen LogP contribution < -0.4 is 19.5 Å². The predicted octanol–water partition coefficient (Wildman–Crippen LogP) is 4.38. The number of methoxy groups -OCH3 is 1. The van der Waals surface area contributed by atoms with Gasteiger partial charge in [0.15, 0.2) is 11.5 Å². The van der Waals surface area contributed by atoms with E-state index in [0.29, 0.717) is 33.4 Å². The molecule has 0 bridgehead atoms. The number of benzene rings is 2. The molecular formula is C23H21NO6S. The molecule has 1 aromatic heterocycles. The number of carbonyl (C=O) groups excluding carboxylic acids is 2. The van der Waals surface area contributed by atoms with E-state index < -0.39 is 18.0 Å². The molecule has 1 unspecified atom stereocenters. The number of thiophene rings is 1. The quantitative estimate of drug-likeness (QED) is 0.574. The van der Waals surface area contributed by atoms with Crippen LogP contribution >= 0.6 is 11.3 Å². The Kier molecular flexibility index (Phi) is 6.08. The van der Waals surface area contributed by atoms with E-state index >= 15 is 0 Å². The molecule has 0 spiro atoms. The Labute approximate surface area is 183 Å². The van der Waals surface area contributed by atoms with E-state index in [1.54, 1.807) is 26.2 Å². The number of ether oxygens (including phenoxy) is 4. The number of hydrogen-bond acceptors (Lipinski definition) is 7. The smallest absolute Gasteiger partial charge is 0.341 e. The normalized spacial score (nSPS) is 14.6. The van der Waals surface area contributed by atoms with Crippen molar-refractivity contribution in [3.05, 3.63) is 59.5 Å². The Morgan fingerprint density at radius 3 is 2.58 bits per heavy atom. The Balaban J connectivity index is 1.59. The van der Waals surface area contributed by atoms with Gasteiger partial charge in [-0.05, 0) is 36.8 Å². The highest BCUT2D eigenvalue weighted by atomic mass is 32.1. The van der Waals surface area contributed by atoms with E-state index in [1.165, 1.54) is 11.3 Å². The van der Waals surface area contributed by atoms with Gasteiger partial charge in [0.1, 0.15) is 22.9 Å². The van der Waals surface area contributed by atoms with Crippen LogP contribution in [-0.2, 0) is 9.53 Å². The van der Waals surface area contributed by atoms with Crippen LogP contribution in [0, 0.1) is 0 Å². The molecule has 1 aliphatic heterocycles. The zero-order valence-corrected chi connectivity index (χ0v) is 17.9. The average Bonchev–Trinajstić information content (AvgIpc) is 3.22. The molecule has 7 nitrogen and oxygen atoms in total. The molecule has 2 aromatic carbocycles. The third-order valence-corrected chi connectivity index (χ3v) is 5.60. The van der Waals surface area contributed by atoms with E-state index in [9.17, 15) is 9.59 Å². The number of fused-ring (bicyclic) bond motifs is 1. The minimum atomic E-state index is -0.837. The number of esters is 1. The van der Waals surface area contributed by atoms with Gasteiger partial charge in [0, 0.05) is 10.9 Å². The lowest BCUT2D eigenvalue weighted by atomic mass is 10.0. The number of hydrogen-bond donors (Lipinski definition) is 1. The average molecular weight is 439 g/mol. The van der Waals surface area contributed by atoms with E-state index in [4.69, 9.17) is 18.9 Å². The summed E-state index contributed by atoms with van der Waals surface area (Å²) in [6, 6.07) is 14.5. The Morgan fingerprint density at radius 2 is 1.87 bits per heavy atom. The maximum absolute atomic E-state index is 12.9. The molecule has 0 fully saturated rings. The van der Waals surface area contributed by atoms with Crippen molar-refractivity contribution < 1.29 is 28.5 Å². The number of anilines is 1. The highest BCUT2D eigenvalue weighted by molar-refractivity contribution is 7.15. The standard InChI is InChI=1S/C23H21NO6S/c1-3-28-23(26)20-16(14-8-10-15(27-2)11-9-14)13-31-22(20)24-21(25)19-12-29-17-6-4-5-7-18(17)30-19/h4-11,13,19H,3,12H2,1-2H3,(H,24,25). The highest BCUT2D eigenvalue weighted by Crippen LogP contribution is 2.37. The van der Waals surface area contributed by atoms with Gasteiger partial charge in [-0.15, -0.1) is 11.3 Å². The third kappa shape index (κ3) is 4.34. The molecule has 8 heteroatoms. The molecule has 2 heterocycles. The summed E-state index contributed by atoms with van der Waals surface area (Å²) in [5.41, 5.74) is 1.79. The van der Waals surface area contributed by atoms with Gasteiger partial charge in [0.05, 0.1) is 13.7 Å². The van der Waals surface area contributed by atoms with Crippen molar-refractivity contribution in [1.82, 2.24) is 0 Å². The Morgan fingerprint density at radius 1 is 1.13 bits per heavy atom. The lowest BCUT2D eigenvalue weighted by Gasteiger charge is -2.25. The van der Waals surface area contributed by atoms with E-state index in [2.05, 4.69) is 5.32 Å². The largest absolute Gasteiger partial charge is 0.497 e. The molecule has 0 radical (unpaired) electrons. The monoisotopic (exact) mass is 439 g/mol. The minimum Gasteiger partial charge on any atom is -0.497 e. The van der Waals surface area contributed by atoms with E-state index in [-0.39, 0.29) is 13.2 Å². The summed E-state index contributed by atoms with van der Waals surface area (Å²) in [5, 5.41) is 5.03. The van der Waals surface area contributed by atoms with Gasteiger partial charge in [-0.3, -0.25) is 4.79 Å². The van der Waals surface area contributed by atoms with Crippen LogP contribution in [-0.4, -0.2) is 38.3 Å². The van der Waals surface area contributed by atoms with Crippen LogP contribution in [0.3, 0.4) is 0 Å². The highest BCUT2D eigenvalue weighted by Gasteiger charge is 2.30. The molecule has 1 atom stereocenters. The van der Waals surface area contributed by atoms with Crippen molar-refractivity contribution in [3.63, 3.8) is 0 Å². The van der Waals surface area contributed by atoms with Crippen molar-refractivity contribution in [2.45, 2.75) is 13.0 Å². The van der Waals surface area contributed by atoms with Crippen molar-refractivity contribution in [2.75, 3.05) is 25.6 Å². The number of carbonyl (C=O) groups is 2. The maximum atomic E-state index is 12.9. The minimum absolute atomic E-state index is 0.0777. The molecule has 1 aliphatic rings. The molecule has 1 N–H and O–H groups in total. The molecule has 1 amide bonds. The van der Waals surface area contributed by atoms with Gasteiger partial charge in [-0.2, -0.15) is 0 Å². The summed E-state index contributed by atoms with van der Waals surface area (Å²) in [4.78, 5) is 25.6. The van der Waals surface area contributed by atoms with Gasteiger partial charge in [-0.25, -0.2) is 4.79 Å². The summed E-state index contributed by atoms with van der Waals surface area (Å²) in [6.07, 6.45) is -0.837. The zero-order chi connectivity index (χ0) is 21.8. The number of nitrogens with one attached hydrogen (secondary N) is 1. The van der Waals surface area contributed by atoms with Gasteiger partial charge < -0.3 is 24.3 Å². The second-order valence-corrected chi connectivity index (χ2v) is 7.54. The van der Waals surface area contributed by atoms with Crippen molar-refractivity contribution >= 4 is 28.2 Å². The van der Waals surface area contributed by atoms with E-state index in [1.807, 2.05) is 41.8 Å². The molecular weight excluding hydrogens is 418 g/mol. The number of amides is 1. The van der Waals surface area contributed by atoms with Crippen LogP contribution in [0.25, 0.3) is 11.1 Å². The topological polar surface area (TPSA) is 83.1 Å². The van der Waals surface area contributed by atoms with Crippen LogP contribution in [0.1, 0.15) is 17.3 Å². The summed E-state index contributed by atoms with van der Waals surface area (Å²) in [5.74, 6) is 0.903. The molecule has 160 valence electrons. The summed E-state index contributed by atoms with van der Waals surface area (Å²) < 4.78 is 21.8. The van der Waals surface area contributed by atoms with Crippen molar-refractivity contribution in [3.8, 4) is 28.4 Å². The van der Waals surface area contributed by atoms with Gasteiger partial charge in [0.25, 0.3) is 5.91 Å². The lowest BCUT2D eigenvalue weighted by Crippen LogP contribution is -2.40. The number of para-hydroxylation sites is 2. The first-order valence-corrected chi connectivity index (χ1v) is 10.6. The summed E-state index contributed by atoms with van der Waals surface area (Å²) >= 11 is 1.25. The molecule has 4 rings (SSSR count). The zero-order valence-electron chi connectivity index (χ0n) is 17.0. The number of rotatable bonds is 6. The van der Waals surface area contributed by atoms with Crippen LogP contribution in [0.15, 0.2) is 53.9 Å². The molecule has 0 saturated carbocycles. The van der Waals surface area contributed by atoms with Gasteiger partial charge in [0.2, 0.25) is 6.10 Å². The van der Waals surface area contributed by atoms with E-state index in [0.717, 1.165) is 5.56 Å². The fourth-order valence-corrected chi connectivity index (χ4v) is 4.14. The van der Waals surface area contributed by atoms with Gasteiger partial charge >= 0.3 is 5.97 Å². The fraction of sp³-hybridized carbons (Fsp3) is 0.217. The first-order valence-electron chi connectivity index (χ1n) is 9.73. The molecule has 3 aromatic rings. The summed E-state index contributed by atoms with van der Waals surface area (Å²) in [6.45, 7) is 2.04. The first-order chi connectivity index (χ1) is 15.1. The van der Waals surface area contributed by atoms with Gasteiger partial charge in [-0.1, -0.05) is 24.3 Å². The third-order valence-electron chi connectivity index (χ3n) is 4.71. The molecule has 31 heavy (non-hydrogen) atoms. The second kappa shape index (κ2) is 9.09. The fourth-order valence-electron chi connectivity index (χ4n) is 3.18. The SMILES string of the molecule is CCOC(=O)c1c(-c2ccc(OC)cc2)csc1NC(=O)C1COc2ccccc2O1. The van der Waals surface area contributed by atoms with Crippen LogP contribution in [0.2, 0.25) is 0 Å². The van der Waals surface area contributed by atoms with Crippen LogP contribution in [0.5, 0.6) is 17.2 Å². The second-order valence-electron chi connectivity index (χ2n) is 6.66. The first kappa shape index (κ1) is 20.7. The predicted molar refractivity (Wildman–Crippen MR) is 117 cm³/mol.